The predicted octanol–water partition coefficient (Wildman–Crippen LogP) is 3.42. The molecule has 0 radical (unpaired) electrons. The molecule has 118 valence electrons. The van der Waals surface area contributed by atoms with Gasteiger partial charge in [-0.2, -0.15) is 0 Å². The molecule has 2 unspecified atom stereocenters. The third-order valence-electron chi connectivity index (χ3n) is 4.61. The van der Waals surface area contributed by atoms with Gasteiger partial charge in [0.25, 0.3) is 0 Å². The summed E-state index contributed by atoms with van der Waals surface area (Å²) in [5.74, 6) is 0. The molecule has 0 aliphatic carbocycles. The second-order valence-corrected chi connectivity index (χ2v) is 6.47. The Hall–Kier alpha value is -1.22. The van der Waals surface area contributed by atoms with E-state index in [-0.39, 0.29) is 0 Å². The van der Waals surface area contributed by atoms with Crippen LogP contribution in [0.15, 0.2) is 18.2 Å². The number of nitrogens with zero attached hydrogens (tertiary/aromatic N) is 2. The Morgan fingerprint density at radius 1 is 1.29 bits per heavy atom. The maximum atomic E-state index is 3.72. The van der Waals surface area contributed by atoms with Crippen LogP contribution in [0.3, 0.4) is 0 Å². The summed E-state index contributed by atoms with van der Waals surface area (Å²) >= 11 is 0. The fraction of sp³-hybridized carbons (Fsp3) is 0.667. The lowest BCUT2D eigenvalue weighted by Gasteiger charge is -2.42. The summed E-state index contributed by atoms with van der Waals surface area (Å²) in [5, 5.41) is 3.72. The molecular weight excluding hydrogens is 258 g/mol. The van der Waals surface area contributed by atoms with Gasteiger partial charge in [-0.15, -0.1) is 0 Å². The largest absolute Gasteiger partial charge is 0.377 e. The normalized spacial score (nSPS) is 22.4. The number of piperazine rings is 1. The first-order valence-electron chi connectivity index (χ1n) is 8.34. The van der Waals surface area contributed by atoms with Crippen LogP contribution >= 0.6 is 0 Å². The number of anilines is 2. The fourth-order valence-corrected chi connectivity index (χ4v) is 3.34. The van der Waals surface area contributed by atoms with Gasteiger partial charge < -0.3 is 15.1 Å². The SMILES string of the molecule is CCCC1CN(c2ccc(C)c(N(C)C)c2)C(CC)CN1. The molecule has 1 N–H and O–H groups in total. The van der Waals surface area contributed by atoms with E-state index >= 15 is 0 Å². The van der Waals surface area contributed by atoms with Gasteiger partial charge in [-0.1, -0.05) is 26.3 Å². The lowest BCUT2D eigenvalue weighted by atomic mass is 10.0. The van der Waals surface area contributed by atoms with E-state index < -0.39 is 0 Å². The highest BCUT2D eigenvalue weighted by Crippen LogP contribution is 2.28. The van der Waals surface area contributed by atoms with Crippen molar-refractivity contribution in [2.24, 2.45) is 0 Å². The second kappa shape index (κ2) is 7.17. The van der Waals surface area contributed by atoms with Crippen molar-refractivity contribution in [3.63, 3.8) is 0 Å². The van der Waals surface area contributed by atoms with E-state index in [2.05, 4.69) is 68.2 Å². The zero-order valence-corrected chi connectivity index (χ0v) is 14.3. The Labute approximate surface area is 130 Å². The third kappa shape index (κ3) is 3.70. The third-order valence-corrected chi connectivity index (χ3v) is 4.61. The number of nitrogens with one attached hydrogen (secondary N) is 1. The molecule has 0 aromatic heterocycles. The maximum absolute atomic E-state index is 3.72. The molecule has 1 aromatic carbocycles. The monoisotopic (exact) mass is 289 g/mol. The molecule has 3 nitrogen and oxygen atoms in total. The van der Waals surface area contributed by atoms with Gasteiger partial charge in [0.15, 0.2) is 0 Å². The lowest BCUT2D eigenvalue weighted by Crippen LogP contribution is -2.56. The van der Waals surface area contributed by atoms with Crippen molar-refractivity contribution in [1.82, 2.24) is 5.32 Å². The first-order valence-corrected chi connectivity index (χ1v) is 8.34. The molecule has 0 bridgehead atoms. The number of hydrogen-bond acceptors (Lipinski definition) is 3. The van der Waals surface area contributed by atoms with Crippen LogP contribution in [-0.4, -0.2) is 39.3 Å². The summed E-state index contributed by atoms with van der Waals surface area (Å²) in [7, 11) is 4.25. The molecule has 2 rings (SSSR count). The topological polar surface area (TPSA) is 18.5 Å². The van der Waals surface area contributed by atoms with Crippen molar-refractivity contribution in [2.45, 2.75) is 52.1 Å². The molecule has 3 heteroatoms. The van der Waals surface area contributed by atoms with Crippen LogP contribution in [-0.2, 0) is 0 Å². The van der Waals surface area contributed by atoms with Gasteiger partial charge in [0, 0.05) is 50.6 Å². The maximum Gasteiger partial charge on any atom is 0.0412 e. The number of hydrogen-bond donors (Lipinski definition) is 1. The molecule has 0 amide bonds. The number of benzene rings is 1. The highest BCUT2D eigenvalue weighted by atomic mass is 15.2. The zero-order valence-electron chi connectivity index (χ0n) is 14.3. The quantitative estimate of drug-likeness (QED) is 0.896. The molecule has 1 fully saturated rings. The minimum Gasteiger partial charge on any atom is -0.377 e. The van der Waals surface area contributed by atoms with E-state index in [1.54, 1.807) is 0 Å². The molecule has 1 aromatic rings. The summed E-state index contributed by atoms with van der Waals surface area (Å²) in [4.78, 5) is 4.83. The summed E-state index contributed by atoms with van der Waals surface area (Å²) in [6, 6.07) is 8.14. The van der Waals surface area contributed by atoms with Crippen LogP contribution in [0.2, 0.25) is 0 Å². The van der Waals surface area contributed by atoms with Gasteiger partial charge in [0.1, 0.15) is 0 Å². The fourth-order valence-electron chi connectivity index (χ4n) is 3.34. The van der Waals surface area contributed by atoms with Crippen LogP contribution in [0.5, 0.6) is 0 Å². The Balaban J connectivity index is 2.25. The van der Waals surface area contributed by atoms with Crippen LogP contribution in [0.4, 0.5) is 11.4 Å². The molecule has 2 atom stereocenters. The van der Waals surface area contributed by atoms with Gasteiger partial charge in [0.05, 0.1) is 0 Å². The van der Waals surface area contributed by atoms with Crippen LogP contribution in [0.1, 0.15) is 38.7 Å². The van der Waals surface area contributed by atoms with E-state index in [9.17, 15) is 0 Å². The van der Waals surface area contributed by atoms with Gasteiger partial charge in [-0.25, -0.2) is 0 Å². The van der Waals surface area contributed by atoms with Crippen molar-refractivity contribution in [3.05, 3.63) is 23.8 Å². The van der Waals surface area contributed by atoms with Crippen LogP contribution < -0.4 is 15.1 Å². The molecular formula is C18H31N3. The van der Waals surface area contributed by atoms with Crippen molar-refractivity contribution >= 4 is 11.4 Å². The highest BCUT2D eigenvalue weighted by molar-refractivity contribution is 5.63. The van der Waals surface area contributed by atoms with Gasteiger partial charge in [-0.3, -0.25) is 0 Å². The average molecular weight is 289 g/mol. The second-order valence-electron chi connectivity index (χ2n) is 6.47. The van der Waals surface area contributed by atoms with Gasteiger partial charge in [-0.05, 0) is 37.5 Å². The molecule has 1 heterocycles. The van der Waals surface area contributed by atoms with E-state index in [0.29, 0.717) is 12.1 Å². The first kappa shape index (κ1) is 16.2. The minimum absolute atomic E-state index is 0.607. The van der Waals surface area contributed by atoms with E-state index in [4.69, 9.17) is 0 Å². The Kier molecular flexibility index (Phi) is 5.51. The molecule has 21 heavy (non-hydrogen) atoms. The van der Waals surface area contributed by atoms with Crippen molar-refractivity contribution in [2.75, 3.05) is 37.0 Å². The Morgan fingerprint density at radius 2 is 2.05 bits per heavy atom. The predicted molar refractivity (Wildman–Crippen MR) is 93.6 cm³/mol. The van der Waals surface area contributed by atoms with Crippen molar-refractivity contribution in [1.29, 1.82) is 0 Å². The Bertz CT molecular complexity index is 456. The minimum atomic E-state index is 0.607. The van der Waals surface area contributed by atoms with Crippen molar-refractivity contribution < 1.29 is 0 Å². The summed E-state index contributed by atoms with van der Waals surface area (Å²) in [6.07, 6.45) is 3.70. The first-order chi connectivity index (χ1) is 10.1. The van der Waals surface area contributed by atoms with E-state index in [0.717, 1.165) is 13.1 Å². The van der Waals surface area contributed by atoms with Gasteiger partial charge in [0.2, 0.25) is 0 Å². The molecule has 1 saturated heterocycles. The van der Waals surface area contributed by atoms with E-state index in [1.807, 2.05) is 0 Å². The molecule has 0 saturated carbocycles. The molecule has 0 spiro atoms. The zero-order chi connectivity index (χ0) is 15.4. The lowest BCUT2D eigenvalue weighted by molar-refractivity contribution is 0.369. The van der Waals surface area contributed by atoms with Crippen molar-refractivity contribution in [3.8, 4) is 0 Å². The van der Waals surface area contributed by atoms with E-state index in [1.165, 1.54) is 36.2 Å². The number of rotatable bonds is 5. The van der Waals surface area contributed by atoms with Crippen LogP contribution in [0.25, 0.3) is 0 Å². The summed E-state index contributed by atoms with van der Waals surface area (Å²) in [6.45, 7) is 8.98. The smallest absolute Gasteiger partial charge is 0.0412 e. The van der Waals surface area contributed by atoms with Gasteiger partial charge >= 0.3 is 0 Å². The highest BCUT2D eigenvalue weighted by Gasteiger charge is 2.26. The standard InChI is InChI=1S/C18H31N3/c1-6-8-15-13-21(16(7-2)12-19-15)17-10-9-14(3)18(11-17)20(4)5/h9-11,15-16,19H,6-8,12-13H2,1-5H3. The average Bonchev–Trinajstić information content (AvgIpc) is 2.47. The van der Waals surface area contributed by atoms with Crippen LogP contribution in [0, 0.1) is 6.92 Å². The molecule has 1 aliphatic heterocycles. The summed E-state index contributed by atoms with van der Waals surface area (Å²) in [5.41, 5.74) is 4.05. The number of aryl methyl sites for hydroxylation is 1. The Morgan fingerprint density at radius 3 is 2.67 bits per heavy atom. The summed E-state index contributed by atoms with van der Waals surface area (Å²) < 4.78 is 0. The molecule has 1 aliphatic rings.